The van der Waals surface area contributed by atoms with Crippen molar-refractivity contribution in [2.45, 2.75) is 30.8 Å². The number of imidazole rings is 1. The Bertz CT molecular complexity index is 734. The standard InChI is InChI=1S/C12H17ClN4O2S2/c1-9(8-16-4-2-3-5-16)15-21(18,19)11-10(13)14-12-17(11)6-7-20-12/h6-7,9,15H,2-5,8H2,1H3. The van der Waals surface area contributed by atoms with Gasteiger partial charge in [0.2, 0.25) is 0 Å². The molecule has 0 saturated carbocycles. The number of rotatable bonds is 5. The van der Waals surface area contributed by atoms with Gasteiger partial charge in [0.1, 0.15) is 0 Å². The molecule has 21 heavy (non-hydrogen) atoms. The predicted molar refractivity (Wildman–Crippen MR) is 83.5 cm³/mol. The van der Waals surface area contributed by atoms with Gasteiger partial charge in [0.05, 0.1) is 0 Å². The number of halogens is 1. The average molecular weight is 349 g/mol. The summed E-state index contributed by atoms with van der Waals surface area (Å²) in [4.78, 5) is 6.91. The lowest BCUT2D eigenvalue weighted by molar-refractivity contribution is 0.312. The van der Waals surface area contributed by atoms with E-state index in [9.17, 15) is 8.42 Å². The highest BCUT2D eigenvalue weighted by Crippen LogP contribution is 2.25. The third-order valence-corrected chi connectivity index (χ3v) is 6.26. The first-order valence-corrected chi connectivity index (χ1v) is 9.57. The Morgan fingerprint density at radius 3 is 2.90 bits per heavy atom. The zero-order valence-electron chi connectivity index (χ0n) is 11.6. The first kappa shape index (κ1) is 15.2. The van der Waals surface area contributed by atoms with Crippen LogP contribution in [-0.2, 0) is 10.0 Å². The topological polar surface area (TPSA) is 66.7 Å². The number of hydrogen-bond donors (Lipinski definition) is 1. The van der Waals surface area contributed by atoms with Gasteiger partial charge >= 0.3 is 0 Å². The van der Waals surface area contributed by atoms with Gasteiger partial charge in [0, 0.05) is 24.2 Å². The van der Waals surface area contributed by atoms with Crippen LogP contribution in [0.3, 0.4) is 0 Å². The molecule has 1 unspecified atom stereocenters. The second-order valence-corrected chi connectivity index (χ2v) is 8.15. The van der Waals surface area contributed by atoms with E-state index in [4.69, 9.17) is 11.6 Å². The van der Waals surface area contributed by atoms with Crippen LogP contribution in [0.5, 0.6) is 0 Å². The molecule has 0 amide bonds. The van der Waals surface area contributed by atoms with Crippen molar-refractivity contribution in [3.63, 3.8) is 0 Å². The van der Waals surface area contributed by atoms with E-state index in [-0.39, 0.29) is 16.2 Å². The SMILES string of the molecule is CC(CN1CCCC1)NS(=O)(=O)c1c(Cl)nc2sccn12. The van der Waals surface area contributed by atoms with Crippen molar-refractivity contribution >= 4 is 37.9 Å². The zero-order chi connectivity index (χ0) is 15.0. The molecule has 2 aromatic heterocycles. The van der Waals surface area contributed by atoms with E-state index in [0.29, 0.717) is 11.5 Å². The first-order valence-electron chi connectivity index (χ1n) is 6.83. The highest BCUT2D eigenvalue weighted by atomic mass is 35.5. The van der Waals surface area contributed by atoms with E-state index in [1.54, 1.807) is 11.6 Å². The van der Waals surface area contributed by atoms with Gasteiger partial charge in [-0.05, 0) is 32.9 Å². The fraction of sp³-hybridized carbons (Fsp3) is 0.583. The number of sulfonamides is 1. The molecular weight excluding hydrogens is 332 g/mol. The van der Waals surface area contributed by atoms with E-state index >= 15 is 0 Å². The molecule has 1 atom stereocenters. The minimum Gasteiger partial charge on any atom is -0.302 e. The van der Waals surface area contributed by atoms with Crippen molar-refractivity contribution < 1.29 is 8.42 Å². The number of aromatic nitrogens is 2. The van der Waals surface area contributed by atoms with Crippen molar-refractivity contribution in [1.29, 1.82) is 0 Å². The maximum absolute atomic E-state index is 12.5. The zero-order valence-corrected chi connectivity index (χ0v) is 14.0. The minimum absolute atomic E-state index is 0.0164. The molecule has 3 rings (SSSR count). The second-order valence-electron chi connectivity index (χ2n) is 5.29. The van der Waals surface area contributed by atoms with Gasteiger partial charge in [0.25, 0.3) is 10.0 Å². The summed E-state index contributed by atoms with van der Waals surface area (Å²) in [6.45, 7) is 4.65. The predicted octanol–water partition coefficient (Wildman–Crippen LogP) is 1.81. The average Bonchev–Trinajstić information content (AvgIpc) is 3.04. The number of hydrogen-bond acceptors (Lipinski definition) is 5. The molecule has 0 spiro atoms. The minimum atomic E-state index is -3.69. The number of thiazole rings is 1. The fourth-order valence-electron chi connectivity index (χ4n) is 2.69. The molecule has 116 valence electrons. The number of nitrogens with zero attached hydrogens (tertiary/aromatic N) is 3. The fourth-order valence-corrected chi connectivity index (χ4v) is 5.38. The van der Waals surface area contributed by atoms with Gasteiger partial charge in [-0.2, -0.15) is 0 Å². The van der Waals surface area contributed by atoms with Crippen molar-refractivity contribution in [2.75, 3.05) is 19.6 Å². The summed E-state index contributed by atoms with van der Waals surface area (Å²) in [6.07, 6.45) is 4.03. The maximum atomic E-state index is 12.5. The van der Waals surface area contributed by atoms with Gasteiger partial charge < -0.3 is 4.90 Å². The number of likely N-dealkylation sites (tertiary alicyclic amines) is 1. The second kappa shape index (κ2) is 5.85. The van der Waals surface area contributed by atoms with Gasteiger partial charge in [-0.25, -0.2) is 18.1 Å². The molecule has 1 saturated heterocycles. The lowest BCUT2D eigenvalue weighted by Crippen LogP contribution is -2.41. The van der Waals surface area contributed by atoms with Crippen molar-refractivity contribution in [2.24, 2.45) is 0 Å². The van der Waals surface area contributed by atoms with Crippen LogP contribution in [0.25, 0.3) is 4.96 Å². The summed E-state index contributed by atoms with van der Waals surface area (Å²) in [5.74, 6) is 0. The van der Waals surface area contributed by atoms with E-state index in [1.165, 1.54) is 28.6 Å². The molecule has 1 fully saturated rings. The summed E-state index contributed by atoms with van der Waals surface area (Å²) in [6, 6.07) is -0.173. The third kappa shape index (κ3) is 3.09. The lowest BCUT2D eigenvalue weighted by Gasteiger charge is -2.20. The smallest absolute Gasteiger partial charge is 0.260 e. The Kier molecular flexibility index (Phi) is 4.24. The summed E-state index contributed by atoms with van der Waals surface area (Å²) in [5.41, 5.74) is 0. The van der Waals surface area contributed by atoms with E-state index in [1.807, 2.05) is 6.92 Å². The molecule has 0 radical (unpaired) electrons. The molecule has 3 heterocycles. The molecule has 1 N–H and O–H groups in total. The van der Waals surface area contributed by atoms with Gasteiger partial charge in [-0.15, -0.1) is 11.3 Å². The van der Waals surface area contributed by atoms with Crippen LogP contribution >= 0.6 is 22.9 Å². The Morgan fingerprint density at radius 1 is 1.48 bits per heavy atom. The lowest BCUT2D eigenvalue weighted by atomic mass is 10.3. The van der Waals surface area contributed by atoms with Crippen LogP contribution in [-0.4, -0.2) is 48.4 Å². The number of fused-ring (bicyclic) bond motifs is 1. The molecule has 1 aliphatic heterocycles. The summed E-state index contributed by atoms with van der Waals surface area (Å²) < 4.78 is 29.3. The molecule has 0 aromatic carbocycles. The first-order chi connectivity index (χ1) is 9.97. The van der Waals surface area contributed by atoms with E-state index in [2.05, 4.69) is 14.6 Å². The third-order valence-electron chi connectivity index (χ3n) is 3.52. The molecule has 1 aliphatic rings. The summed E-state index contributed by atoms with van der Waals surface area (Å²) in [7, 11) is -3.69. The molecule has 0 aliphatic carbocycles. The monoisotopic (exact) mass is 348 g/mol. The van der Waals surface area contributed by atoms with Crippen LogP contribution in [0.1, 0.15) is 19.8 Å². The number of nitrogens with one attached hydrogen (secondary N) is 1. The van der Waals surface area contributed by atoms with E-state index in [0.717, 1.165) is 13.1 Å². The van der Waals surface area contributed by atoms with Crippen LogP contribution in [0, 0.1) is 0 Å². The maximum Gasteiger partial charge on any atom is 0.260 e. The largest absolute Gasteiger partial charge is 0.302 e. The van der Waals surface area contributed by atoms with Crippen LogP contribution in [0.2, 0.25) is 5.15 Å². The molecule has 6 nitrogen and oxygen atoms in total. The summed E-state index contributed by atoms with van der Waals surface area (Å²) in [5, 5.41) is 1.82. The van der Waals surface area contributed by atoms with Crippen molar-refractivity contribution in [3.05, 3.63) is 16.7 Å². The Labute approximate surface area is 132 Å². The molecule has 0 bridgehead atoms. The Hall–Kier alpha value is -0.670. The molecular formula is C12H17ClN4O2S2. The molecule has 9 heteroatoms. The van der Waals surface area contributed by atoms with Crippen LogP contribution in [0.4, 0.5) is 0 Å². The summed E-state index contributed by atoms with van der Waals surface area (Å²) >= 11 is 7.34. The van der Waals surface area contributed by atoms with Gasteiger partial charge in [-0.3, -0.25) is 4.40 Å². The molecule has 2 aromatic rings. The Balaban J connectivity index is 1.79. The van der Waals surface area contributed by atoms with Crippen LogP contribution in [0.15, 0.2) is 16.6 Å². The highest BCUT2D eigenvalue weighted by molar-refractivity contribution is 7.89. The van der Waals surface area contributed by atoms with Crippen molar-refractivity contribution in [1.82, 2.24) is 19.0 Å². The highest BCUT2D eigenvalue weighted by Gasteiger charge is 2.27. The van der Waals surface area contributed by atoms with Crippen LogP contribution < -0.4 is 4.72 Å². The quantitative estimate of drug-likeness (QED) is 0.895. The van der Waals surface area contributed by atoms with Gasteiger partial charge in [0.15, 0.2) is 15.1 Å². The van der Waals surface area contributed by atoms with E-state index < -0.39 is 10.0 Å². The van der Waals surface area contributed by atoms with Crippen molar-refractivity contribution in [3.8, 4) is 0 Å². The normalized spacial score (nSPS) is 18.6. The van der Waals surface area contributed by atoms with Gasteiger partial charge in [-0.1, -0.05) is 11.6 Å². The Morgan fingerprint density at radius 2 is 2.19 bits per heavy atom.